The van der Waals surface area contributed by atoms with E-state index in [4.69, 9.17) is 9.47 Å². The highest BCUT2D eigenvalue weighted by Crippen LogP contribution is 2.24. The van der Waals surface area contributed by atoms with Crippen molar-refractivity contribution < 1.29 is 14.3 Å². The molecule has 0 spiro atoms. The van der Waals surface area contributed by atoms with Crippen LogP contribution in [0.1, 0.15) is 24.2 Å². The Bertz CT molecular complexity index is 331. The monoisotopic (exact) mass is 194 g/mol. The Balaban J connectivity index is 3.10. The van der Waals surface area contributed by atoms with Gasteiger partial charge in [0.15, 0.2) is 5.78 Å². The van der Waals surface area contributed by atoms with E-state index >= 15 is 0 Å². The van der Waals surface area contributed by atoms with Crippen LogP contribution in [0.15, 0.2) is 18.2 Å². The molecule has 1 rings (SSSR count). The van der Waals surface area contributed by atoms with Gasteiger partial charge >= 0.3 is 0 Å². The van der Waals surface area contributed by atoms with Crippen LogP contribution in [0, 0.1) is 0 Å². The normalized spacial score (nSPS) is 9.64. The van der Waals surface area contributed by atoms with Gasteiger partial charge in [0.2, 0.25) is 0 Å². The van der Waals surface area contributed by atoms with Gasteiger partial charge in [0.1, 0.15) is 11.5 Å². The summed E-state index contributed by atoms with van der Waals surface area (Å²) in [5, 5.41) is 0. The van der Waals surface area contributed by atoms with Gasteiger partial charge in [-0.05, 0) is 32.0 Å². The predicted molar refractivity (Wildman–Crippen MR) is 54.2 cm³/mol. The zero-order chi connectivity index (χ0) is 10.6. The smallest absolute Gasteiger partial charge is 0.163 e. The third kappa shape index (κ3) is 2.25. The Kier molecular flexibility index (Phi) is 3.51. The van der Waals surface area contributed by atoms with Crippen LogP contribution in [0.4, 0.5) is 0 Å². The SMILES string of the molecule is CCOc1ccc(OC)cc1C(C)=O. The summed E-state index contributed by atoms with van der Waals surface area (Å²) in [6, 6.07) is 5.21. The Labute approximate surface area is 83.6 Å². The molecule has 0 aromatic heterocycles. The van der Waals surface area contributed by atoms with Crippen molar-refractivity contribution in [2.24, 2.45) is 0 Å². The zero-order valence-corrected chi connectivity index (χ0v) is 8.66. The highest BCUT2D eigenvalue weighted by molar-refractivity contribution is 5.97. The molecule has 0 saturated heterocycles. The molecular weight excluding hydrogens is 180 g/mol. The van der Waals surface area contributed by atoms with Crippen molar-refractivity contribution in [3.63, 3.8) is 0 Å². The number of carbonyl (C=O) groups is 1. The Morgan fingerprint density at radius 1 is 1.43 bits per heavy atom. The molecule has 0 saturated carbocycles. The van der Waals surface area contributed by atoms with Crippen molar-refractivity contribution >= 4 is 5.78 Å². The maximum absolute atomic E-state index is 11.3. The minimum atomic E-state index is -0.0210. The van der Waals surface area contributed by atoms with Gasteiger partial charge in [0, 0.05) is 0 Å². The maximum Gasteiger partial charge on any atom is 0.163 e. The van der Waals surface area contributed by atoms with Gasteiger partial charge in [-0.2, -0.15) is 0 Å². The summed E-state index contributed by atoms with van der Waals surface area (Å²) in [7, 11) is 1.57. The number of carbonyl (C=O) groups excluding carboxylic acids is 1. The van der Waals surface area contributed by atoms with Crippen LogP contribution in [0.25, 0.3) is 0 Å². The fraction of sp³-hybridized carbons (Fsp3) is 0.364. The van der Waals surface area contributed by atoms with Crippen LogP contribution in [0.2, 0.25) is 0 Å². The first-order valence-corrected chi connectivity index (χ1v) is 4.50. The minimum absolute atomic E-state index is 0.0210. The van der Waals surface area contributed by atoms with Crippen LogP contribution in [0.5, 0.6) is 11.5 Å². The summed E-state index contributed by atoms with van der Waals surface area (Å²) in [4.78, 5) is 11.3. The molecule has 0 aliphatic carbocycles. The zero-order valence-electron chi connectivity index (χ0n) is 8.66. The van der Waals surface area contributed by atoms with E-state index in [1.807, 2.05) is 6.92 Å². The summed E-state index contributed by atoms with van der Waals surface area (Å²) < 4.78 is 10.4. The molecule has 0 aliphatic rings. The van der Waals surface area contributed by atoms with E-state index in [0.29, 0.717) is 23.7 Å². The molecule has 0 heterocycles. The molecule has 3 nitrogen and oxygen atoms in total. The Morgan fingerprint density at radius 3 is 2.64 bits per heavy atom. The second kappa shape index (κ2) is 4.65. The molecule has 0 aliphatic heterocycles. The molecule has 1 aromatic carbocycles. The molecule has 76 valence electrons. The highest BCUT2D eigenvalue weighted by Gasteiger charge is 2.09. The summed E-state index contributed by atoms with van der Waals surface area (Å²) in [5.74, 6) is 1.26. The number of benzene rings is 1. The van der Waals surface area contributed by atoms with E-state index in [1.165, 1.54) is 6.92 Å². The van der Waals surface area contributed by atoms with E-state index in [0.717, 1.165) is 0 Å². The Morgan fingerprint density at radius 2 is 2.14 bits per heavy atom. The Hall–Kier alpha value is -1.51. The van der Waals surface area contributed by atoms with Crippen LogP contribution in [-0.2, 0) is 0 Å². The molecule has 0 radical (unpaired) electrons. The number of hydrogen-bond donors (Lipinski definition) is 0. The lowest BCUT2D eigenvalue weighted by molar-refractivity contribution is 0.101. The fourth-order valence-corrected chi connectivity index (χ4v) is 1.19. The van der Waals surface area contributed by atoms with Gasteiger partial charge in [-0.3, -0.25) is 4.79 Å². The summed E-state index contributed by atoms with van der Waals surface area (Å²) in [6.07, 6.45) is 0. The number of hydrogen-bond acceptors (Lipinski definition) is 3. The number of Topliss-reactive ketones (excluding diaryl/α,β-unsaturated/α-hetero) is 1. The molecule has 0 atom stereocenters. The number of ketones is 1. The lowest BCUT2D eigenvalue weighted by Crippen LogP contribution is -2.01. The van der Waals surface area contributed by atoms with Crippen molar-refractivity contribution in [3.05, 3.63) is 23.8 Å². The van der Waals surface area contributed by atoms with Crippen LogP contribution in [-0.4, -0.2) is 19.5 Å². The average Bonchev–Trinajstić information content (AvgIpc) is 2.18. The van der Waals surface area contributed by atoms with Crippen LogP contribution < -0.4 is 9.47 Å². The summed E-state index contributed by atoms with van der Waals surface area (Å²) in [6.45, 7) is 3.94. The number of ether oxygens (including phenoxy) is 2. The molecule has 0 amide bonds. The van der Waals surface area contributed by atoms with Crippen molar-refractivity contribution in [2.75, 3.05) is 13.7 Å². The quantitative estimate of drug-likeness (QED) is 0.690. The van der Waals surface area contributed by atoms with Gasteiger partial charge in [0.25, 0.3) is 0 Å². The van der Waals surface area contributed by atoms with Crippen LogP contribution in [0.3, 0.4) is 0 Å². The molecule has 0 bridgehead atoms. The second-order valence-corrected chi connectivity index (χ2v) is 2.85. The van der Waals surface area contributed by atoms with Crippen molar-refractivity contribution in [2.45, 2.75) is 13.8 Å². The van der Waals surface area contributed by atoms with Crippen LogP contribution >= 0.6 is 0 Å². The molecule has 0 fully saturated rings. The van der Waals surface area contributed by atoms with Gasteiger partial charge in [-0.25, -0.2) is 0 Å². The average molecular weight is 194 g/mol. The van der Waals surface area contributed by atoms with E-state index in [-0.39, 0.29) is 5.78 Å². The molecule has 3 heteroatoms. The van der Waals surface area contributed by atoms with Gasteiger partial charge in [-0.1, -0.05) is 0 Å². The minimum Gasteiger partial charge on any atom is -0.497 e. The second-order valence-electron chi connectivity index (χ2n) is 2.85. The standard InChI is InChI=1S/C11H14O3/c1-4-14-11-6-5-9(13-3)7-10(11)8(2)12/h5-7H,4H2,1-3H3. The molecule has 0 unspecified atom stereocenters. The van der Waals surface area contributed by atoms with E-state index in [2.05, 4.69) is 0 Å². The molecule has 1 aromatic rings. The molecular formula is C11H14O3. The maximum atomic E-state index is 11.3. The highest BCUT2D eigenvalue weighted by atomic mass is 16.5. The van der Waals surface area contributed by atoms with E-state index < -0.39 is 0 Å². The van der Waals surface area contributed by atoms with Crippen molar-refractivity contribution in [3.8, 4) is 11.5 Å². The predicted octanol–water partition coefficient (Wildman–Crippen LogP) is 2.30. The van der Waals surface area contributed by atoms with Crippen molar-refractivity contribution in [1.82, 2.24) is 0 Å². The van der Waals surface area contributed by atoms with Gasteiger partial charge in [-0.15, -0.1) is 0 Å². The summed E-state index contributed by atoms with van der Waals surface area (Å²) >= 11 is 0. The summed E-state index contributed by atoms with van der Waals surface area (Å²) in [5.41, 5.74) is 0.561. The number of rotatable bonds is 4. The third-order valence-electron chi connectivity index (χ3n) is 1.87. The third-order valence-corrected chi connectivity index (χ3v) is 1.87. The first kappa shape index (κ1) is 10.6. The largest absolute Gasteiger partial charge is 0.497 e. The molecule has 0 N–H and O–H groups in total. The topological polar surface area (TPSA) is 35.5 Å². The number of methoxy groups -OCH3 is 1. The lowest BCUT2D eigenvalue weighted by atomic mass is 10.1. The van der Waals surface area contributed by atoms with Crippen molar-refractivity contribution in [1.29, 1.82) is 0 Å². The first-order valence-electron chi connectivity index (χ1n) is 4.50. The van der Waals surface area contributed by atoms with E-state index in [1.54, 1.807) is 25.3 Å². The lowest BCUT2D eigenvalue weighted by Gasteiger charge is -2.09. The van der Waals surface area contributed by atoms with E-state index in [9.17, 15) is 4.79 Å². The first-order chi connectivity index (χ1) is 6.69. The van der Waals surface area contributed by atoms with Gasteiger partial charge < -0.3 is 9.47 Å². The fourth-order valence-electron chi connectivity index (χ4n) is 1.19. The molecule has 14 heavy (non-hydrogen) atoms. The van der Waals surface area contributed by atoms with Gasteiger partial charge in [0.05, 0.1) is 19.3 Å².